The van der Waals surface area contributed by atoms with Gasteiger partial charge in [-0.25, -0.2) is 0 Å². The maximum Gasteiger partial charge on any atom is 0.146 e. The van der Waals surface area contributed by atoms with Crippen LogP contribution in [-0.2, 0) is 0 Å². The summed E-state index contributed by atoms with van der Waals surface area (Å²) in [6, 6.07) is 5.94. The second-order valence-corrected chi connectivity index (χ2v) is 3.38. The first kappa shape index (κ1) is 7.47. The molecule has 64 valence electrons. The smallest absolute Gasteiger partial charge is 0.146 e. The minimum atomic E-state index is 0.254. The molecular weight excluding hydrogens is 150 g/mol. The maximum atomic E-state index is 5.77. The van der Waals surface area contributed by atoms with Gasteiger partial charge in [-0.3, -0.25) is 0 Å². The van der Waals surface area contributed by atoms with Gasteiger partial charge >= 0.3 is 0 Å². The predicted octanol–water partition coefficient (Wildman–Crippen LogP) is 2.15. The topological polar surface area (TPSA) is 35.2 Å². The maximum absolute atomic E-state index is 5.77. The van der Waals surface area contributed by atoms with E-state index >= 15 is 0 Å². The minimum absolute atomic E-state index is 0.254. The molecule has 0 amide bonds. The number of hydrogen-bond donors (Lipinski definition) is 1. The Morgan fingerprint density at radius 2 is 2.08 bits per heavy atom. The van der Waals surface area contributed by atoms with Gasteiger partial charge in [0, 0.05) is 11.5 Å². The number of rotatable bonds is 0. The highest BCUT2D eigenvalue weighted by atomic mass is 16.5. The molecular formula is C10H13NO. The fourth-order valence-electron chi connectivity index (χ4n) is 1.61. The fourth-order valence-corrected chi connectivity index (χ4v) is 1.61. The SMILES string of the molecule is CC1Oc2c(N)cccc2C1C. The van der Waals surface area contributed by atoms with Crippen LogP contribution in [0.1, 0.15) is 25.3 Å². The van der Waals surface area contributed by atoms with Crippen molar-refractivity contribution in [2.75, 3.05) is 5.73 Å². The van der Waals surface area contributed by atoms with Gasteiger partial charge in [-0.1, -0.05) is 19.1 Å². The number of anilines is 1. The molecule has 2 nitrogen and oxygen atoms in total. The van der Waals surface area contributed by atoms with Crippen LogP contribution in [-0.4, -0.2) is 6.10 Å². The van der Waals surface area contributed by atoms with Crippen LogP contribution in [0.3, 0.4) is 0 Å². The van der Waals surface area contributed by atoms with Crippen molar-refractivity contribution in [3.05, 3.63) is 23.8 Å². The van der Waals surface area contributed by atoms with E-state index in [1.807, 2.05) is 12.1 Å². The molecule has 1 aliphatic rings. The molecule has 2 unspecified atom stereocenters. The normalized spacial score (nSPS) is 26.5. The van der Waals surface area contributed by atoms with Crippen molar-refractivity contribution in [3.63, 3.8) is 0 Å². The first-order chi connectivity index (χ1) is 5.70. The Morgan fingerprint density at radius 1 is 1.33 bits per heavy atom. The van der Waals surface area contributed by atoms with E-state index < -0.39 is 0 Å². The summed E-state index contributed by atoms with van der Waals surface area (Å²) in [6.07, 6.45) is 0.254. The van der Waals surface area contributed by atoms with Gasteiger partial charge in [0.2, 0.25) is 0 Å². The molecule has 1 aromatic rings. The van der Waals surface area contributed by atoms with E-state index in [0.29, 0.717) is 5.92 Å². The highest BCUT2D eigenvalue weighted by Gasteiger charge is 2.28. The molecule has 1 heterocycles. The first-order valence-corrected chi connectivity index (χ1v) is 4.25. The van der Waals surface area contributed by atoms with Gasteiger partial charge in [0.1, 0.15) is 11.9 Å². The summed E-state index contributed by atoms with van der Waals surface area (Å²) in [5, 5.41) is 0. The quantitative estimate of drug-likeness (QED) is 0.595. The van der Waals surface area contributed by atoms with Crippen LogP contribution < -0.4 is 10.5 Å². The fraction of sp³-hybridized carbons (Fsp3) is 0.400. The van der Waals surface area contributed by atoms with Crippen LogP contribution in [0.25, 0.3) is 0 Å². The Labute approximate surface area is 72.3 Å². The van der Waals surface area contributed by atoms with Crippen LogP contribution >= 0.6 is 0 Å². The minimum Gasteiger partial charge on any atom is -0.488 e. The van der Waals surface area contributed by atoms with Crippen molar-refractivity contribution in [3.8, 4) is 5.75 Å². The first-order valence-electron chi connectivity index (χ1n) is 4.25. The van der Waals surface area contributed by atoms with E-state index in [2.05, 4.69) is 19.9 Å². The van der Waals surface area contributed by atoms with E-state index in [4.69, 9.17) is 10.5 Å². The number of hydrogen-bond acceptors (Lipinski definition) is 2. The van der Waals surface area contributed by atoms with Gasteiger partial charge in [0.05, 0.1) is 5.69 Å². The van der Waals surface area contributed by atoms with Crippen molar-refractivity contribution in [2.45, 2.75) is 25.9 Å². The number of nitrogens with two attached hydrogens (primary N) is 1. The molecule has 0 radical (unpaired) electrons. The van der Waals surface area contributed by atoms with Crippen LogP contribution in [0.4, 0.5) is 5.69 Å². The summed E-state index contributed by atoms with van der Waals surface area (Å²) >= 11 is 0. The monoisotopic (exact) mass is 163 g/mol. The summed E-state index contributed by atoms with van der Waals surface area (Å²) < 4.78 is 5.62. The molecule has 0 saturated carbocycles. The molecule has 2 rings (SSSR count). The van der Waals surface area contributed by atoms with Crippen molar-refractivity contribution in [2.24, 2.45) is 0 Å². The molecule has 2 heteroatoms. The van der Waals surface area contributed by atoms with Crippen LogP contribution in [0.2, 0.25) is 0 Å². The van der Waals surface area contributed by atoms with Crippen molar-refractivity contribution in [1.29, 1.82) is 0 Å². The average Bonchev–Trinajstić information content (AvgIpc) is 2.32. The van der Waals surface area contributed by atoms with E-state index in [9.17, 15) is 0 Å². The van der Waals surface area contributed by atoms with Gasteiger partial charge in [-0.05, 0) is 13.0 Å². The van der Waals surface area contributed by atoms with Crippen molar-refractivity contribution < 1.29 is 4.74 Å². The Balaban J connectivity index is 2.53. The van der Waals surface area contributed by atoms with Crippen LogP contribution in [0, 0.1) is 0 Å². The van der Waals surface area contributed by atoms with Crippen molar-refractivity contribution in [1.82, 2.24) is 0 Å². The second kappa shape index (κ2) is 2.41. The zero-order valence-corrected chi connectivity index (χ0v) is 7.37. The van der Waals surface area contributed by atoms with Gasteiger partial charge in [0.15, 0.2) is 0 Å². The molecule has 0 spiro atoms. The second-order valence-electron chi connectivity index (χ2n) is 3.38. The summed E-state index contributed by atoms with van der Waals surface area (Å²) in [5.41, 5.74) is 7.76. The molecule has 0 bridgehead atoms. The average molecular weight is 163 g/mol. The van der Waals surface area contributed by atoms with Gasteiger partial charge in [-0.15, -0.1) is 0 Å². The van der Waals surface area contributed by atoms with Crippen molar-refractivity contribution >= 4 is 5.69 Å². The zero-order valence-electron chi connectivity index (χ0n) is 7.37. The molecule has 1 aliphatic heterocycles. The number of nitrogen functional groups attached to an aromatic ring is 1. The molecule has 0 aliphatic carbocycles. The van der Waals surface area contributed by atoms with E-state index in [1.165, 1.54) is 5.56 Å². The summed E-state index contributed by atoms with van der Waals surface area (Å²) in [4.78, 5) is 0. The molecule has 2 N–H and O–H groups in total. The molecule has 0 saturated heterocycles. The third kappa shape index (κ3) is 0.876. The Bertz CT molecular complexity index is 309. The number of benzene rings is 1. The lowest BCUT2D eigenvalue weighted by atomic mass is 9.98. The molecule has 2 atom stereocenters. The number of fused-ring (bicyclic) bond motifs is 1. The third-order valence-electron chi connectivity index (χ3n) is 2.57. The summed E-state index contributed by atoms with van der Waals surface area (Å²) in [6.45, 7) is 4.24. The highest BCUT2D eigenvalue weighted by molar-refractivity contribution is 5.59. The molecule has 12 heavy (non-hydrogen) atoms. The Morgan fingerprint density at radius 3 is 2.75 bits per heavy atom. The molecule has 1 aromatic carbocycles. The lowest BCUT2D eigenvalue weighted by Crippen LogP contribution is -2.10. The van der Waals surface area contributed by atoms with E-state index in [0.717, 1.165) is 11.4 Å². The Hall–Kier alpha value is -1.18. The van der Waals surface area contributed by atoms with E-state index in [-0.39, 0.29) is 6.10 Å². The lowest BCUT2D eigenvalue weighted by molar-refractivity contribution is 0.233. The van der Waals surface area contributed by atoms with Gasteiger partial charge in [-0.2, -0.15) is 0 Å². The van der Waals surface area contributed by atoms with Gasteiger partial charge in [0.25, 0.3) is 0 Å². The Kier molecular flexibility index (Phi) is 1.50. The third-order valence-corrected chi connectivity index (χ3v) is 2.57. The van der Waals surface area contributed by atoms with Crippen LogP contribution in [0.5, 0.6) is 5.75 Å². The zero-order chi connectivity index (χ0) is 8.72. The summed E-state index contributed by atoms with van der Waals surface area (Å²) in [7, 11) is 0. The molecule has 0 fully saturated rings. The summed E-state index contributed by atoms with van der Waals surface area (Å²) in [5.74, 6) is 1.35. The van der Waals surface area contributed by atoms with Crippen LogP contribution in [0.15, 0.2) is 18.2 Å². The predicted molar refractivity (Wildman–Crippen MR) is 49.4 cm³/mol. The number of para-hydroxylation sites is 1. The standard InChI is InChI=1S/C10H13NO/c1-6-7(2)12-10-8(6)4-3-5-9(10)11/h3-7H,11H2,1-2H3. The number of ether oxygens (including phenoxy) is 1. The largest absolute Gasteiger partial charge is 0.488 e. The van der Waals surface area contributed by atoms with Gasteiger partial charge < -0.3 is 10.5 Å². The molecule has 0 aromatic heterocycles. The lowest BCUT2D eigenvalue weighted by Gasteiger charge is -2.07. The van der Waals surface area contributed by atoms with E-state index in [1.54, 1.807) is 0 Å². The highest BCUT2D eigenvalue weighted by Crippen LogP contribution is 2.41.